The maximum atomic E-state index is 5.69. The fraction of sp³-hybridized carbons (Fsp3) is 0.625. The Morgan fingerprint density at radius 2 is 1.58 bits per heavy atom. The molecule has 0 aromatic heterocycles. The molecule has 1 rings (SSSR count). The van der Waals surface area contributed by atoms with E-state index in [1.807, 2.05) is 31.2 Å². The Morgan fingerprint density at radius 3 is 2.16 bits per heavy atom. The fourth-order valence-electron chi connectivity index (χ4n) is 1.78. The van der Waals surface area contributed by atoms with E-state index in [4.69, 9.17) is 9.47 Å². The minimum Gasteiger partial charge on any atom is -0.494 e. The molecule has 0 amide bonds. The molecule has 108 valence electrons. The lowest BCUT2D eigenvalue weighted by Crippen LogP contribution is -2.23. The van der Waals surface area contributed by atoms with Gasteiger partial charge in [0.1, 0.15) is 11.5 Å². The second-order valence-corrected chi connectivity index (χ2v) is 4.92. The van der Waals surface area contributed by atoms with Crippen molar-refractivity contribution in [3.05, 3.63) is 24.3 Å². The number of ether oxygens (including phenoxy) is 2. The number of rotatable bonds is 10. The summed E-state index contributed by atoms with van der Waals surface area (Å²) in [6.07, 6.45) is 3.52. The molecule has 0 aliphatic heterocycles. The zero-order valence-corrected chi connectivity index (χ0v) is 12.4. The minimum atomic E-state index is 0.583. The summed E-state index contributed by atoms with van der Waals surface area (Å²) in [5.74, 6) is 1.82. The van der Waals surface area contributed by atoms with Crippen molar-refractivity contribution in [3.63, 3.8) is 0 Å². The number of benzene rings is 1. The van der Waals surface area contributed by atoms with Crippen molar-refractivity contribution in [2.75, 3.05) is 19.8 Å². The molecule has 3 nitrogen and oxygen atoms in total. The summed E-state index contributed by atoms with van der Waals surface area (Å²) in [7, 11) is 0. The van der Waals surface area contributed by atoms with Crippen LogP contribution in [0, 0.1) is 0 Å². The van der Waals surface area contributed by atoms with E-state index in [-0.39, 0.29) is 0 Å². The number of hydrogen-bond donors (Lipinski definition) is 1. The topological polar surface area (TPSA) is 30.5 Å². The van der Waals surface area contributed by atoms with Crippen LogP contribution in [0.25, 0.3) is 0 Å². The van der Waals surface area contributed by atoms with E-state index in [9.17, 15) is 0 Å². The van der Waals surface area contributed by atoms with Gasteiger partial charge in [0, 0.05) is 6.04 Å². The third kappa shape index (κ3) is 7.73. The summed E-state index contributed by atoms with van der Waals surface area (Å²) >= 11 is 0. The van der Waals surface area contributed by atoms with E-state index in [0.29, 0.717) is 12.6 Å². The molecular weight excluding hydrogens is 238 g/mol. The molecule has 19 heavy (non-hydrogen) atoms. The third-order valence-electron chi connectivity index (χ3n) is 2.78. The predicted molar refractivity (Wildman–Crippen MR) is 80.1 cm³/mol. The maximum absolute atomic E-state index is 5.69. The summed E-state index contributed by atoms with van der Waals surface area (Å²) < 4.78 is 11.1. The Balaban J connectivity index is 2.05. The first-order valence-electron chi connectivity index (χ1n) is 7.31. The zero-order chi connectivity index (χ0) is 13.9. The Hall–Kier alpha value is -1.22. The minimum absolute atomic E-state index is 0.583. The van der Waals surface area contributed by atoms with Crippen LogP contribution in [-0.2, 0) is 0 Å². The highest BCUT2D eigenvalue weighted by atomic mass is 16.5. The molecular formula is C16H27NO2. The van der Waals surface area contributed by atoms with Gasteiger partial charge < -0.3 is 14.8 Å². The van der Waals surface area contributed by atoms with Gasteiger partial charge in [0.25, 0.3) is 0 Å². The highest BCUT2D eigenvalue weighted by molar-refractivity contribution is 5.31. The molecule has 0 heterocycles. The SMILES string of the molecule is CCOc1ccc(OCCCCCNC(C)C)cc1. The summed E-state index contributed by atoms with van der Waals surface area (Å²) in [4.78, 5) is 0. The smallest absolute Gasteiger partial charge is 0.119 e. The maximum Gasteiger partial charge on any atom is 0.119 e. The summed E-state index contributed by atoms with van der Waals surface area (Å²) in [6, 6.07) is 8.41. The second-order valence-electron chi connectivity index (χ2n) is 4.92. The van der Waals surface area contributed by atoms with Crippen LogP contribution in [-0.4, -0.2) is 25.8 Å². The lowest BCUT2D eigenvalue weighted by Gasteiger charge is -2.09. The van der Waals surface area contributed by atoms with Crippen LogP contribution in [0.1, 0.15) is 40.0 Å². The first-order chi connectivity index (χ1) is 9.22. The van der Waals surface area contributed by atoms with Crippen molar-refractivity contribution < 1.29 is 9.47 Å². The number of hydrogen-bond acceptors (Lipinski definition) is 3. The molecule has 0 saturated carbocycles. The van der Waals surface area contributed by atoms with E-state index in [1.54, 1.807) is 0 Å². The molecule has 0 saturated heterocycles. The zero-order valence-electron chi connectivity index (χ0n) is 12.4. The first kappa shape index (κ1) is 15.8. The van der Waals surface area contributed by atoms with Gasteiger partial charge in [-0.2, -0.15) is 0 Å². The molecule has 0 radical (unpaired) electrons. The number of nitrogens with one attached hydrogen (secondary N) is 1. The lowest BCUT2D eigenvalue weighted by atomic mass is 10.2. The van der Waals surface area contributed by atoms with Gasteiger partial charge in [0.15, 0.2) is 0 Å². The first-order valence-corrected chi connectivity index (χ1v) is 7.31. The Labute approximate surface area is 117 Å². The molecule has 0 aliphatic carbocycles. The van der Waals surface area contributed by atoms with Crippen LogP contribution in [0.15, 0.2) is 24.3 Å². The molecule has 0 atom stereocenters. The molecule has 0 fully saturated rings. The van der Waals surface area contributed by atoms with E-state index < -0.39 is 0 Å². The molecule has 0 unspecified atom stereocenters. The monoisotopic (exact) mass is 265 g/mol. The molecule has 0 spiro atoms. The van der Waals surface area contributed by atoms with Crippen molar-refractivity contribution in [3.8, 4) is 11.5 Å². The normalized spacial score (nSPS) is 10.7. The molecule has 3 heteroatoms. The average Bonchev–Trinajstić information content (AvgIpc) is 2.39. The van der Waals surface area contributed by atoms with E-state index >= 15 is 0 Å². The number of unbranched alkanes of at least 4 members (excludes halogenated alkanes) is 2. The Morgan fingerprint density at radius 1 is 0.947 bits per heavy atom. The van der Waals surface area contributed by atoms with Crippen molar-refractivity contribution in [2.24, 2.45) is 0 Å². The highest BCUT2D eigenvalue weighted by Gasteiger charge is 1.96. The van der Waals surface area contributed by atoms with Gasteiger partial charge >= 0.3 is 0 Å². The molecule has 0 bridgehead atoms. The summed E-state index contributed by atoms with van der Waals surface area (Å²) in [5, 5.41) is 3.42. The van der Waals surface area contributed by atoms with Crippen molar-refractivity contribution in [1.82, 2.24) is 5.32 Å². The lowest BCUT2D eigenvalue weighted by molar-refractivity contribution is 0.302. The van der Waals surface area contributed by atoms with Gasteiger partial charge in [0.2, 0.25) is 0 Å². The quantitative estimate of drug-likeness (QED) is 0.655. The summed E-state index contributed by atoms with van der Waals surface area (Å²) in [5.41, 5.74) is 0. The van der Waals surface area contributed by atoms with Crippen molar-refractivity contribution in [2.45, 2.75) is 46.1 Å². The Kier molecular flexibility index (Phi) is 8.07. The van der Waals surface area contributed by atoms with Gasteiger partial charge in [-0.05, 0) is 57.0 Å². The van der Waals surface area contributed by atoms with Gasteiger partial charge in [-0.15, -0.1) is 0 Å². The Bertz CT molecular complexity index is 322. The van der Waals surface area contributed by atoms with Crippen molar-refractivity contribution in [1.29, 1.82) is 0 Å². The molecule has 1 aromatic rings. The molecule has 1 aromatic carbocycles. The van der Waals surface area contributed by atoms with E-state index in [1.165, 1.54) is 12.8 Å². The predicted octanol–water partition coefficient (Wildman–Crippen LogP) is 3.63. The average molecular weight is 265 g/mol. The van der Waals surface area contributed by atoms with Gasteiger partial charge in [-0.25, -0.2) is 0 Å². The largest absolute Gasteiger partial charge is 0.494 e. The summed E-state index contributed by atoms with van der Waals surface area (Å²) in [6.45, 7) is 8.92. The van der Waals surface area contributed by atoms with Crippen LogP contribution in [0.4, 0.5) is 0 Å². The van der Waals surface area contributed by atoms with Crippen LogP contribution < -0.4 is 14.8 Å². The highest BCUT2D eigenvalue weighted by Crippen LogP contribution is 2.17. The van der Waals surface area contributed by atoms with Crippen molar-refractivity contribution >= 4 is 0 Å². The fourth-order valence-corrected chi connectivity index (χ4v) is 1.78. The van der Waals surface area contributed by atoms with Crippen LogP contribution in [0.5, 0.6) is 11.5 Å². The van der Waals surface area contributed by atoms with E-state index in [0.717, 1.165) is 31.1 Å². The van der Waals surface area contributed by atoms with Gasteiger partial charge in [-0.3, -0.25) is 0 Å². The van der Waals surface area contributed by atoms with Crippen LogP contribution in [0.2, 0.25) is 0 Å². The molecule has 1 N–H and O–H groups in total. The van der Waals surface area contributed by atoms with Gasteiger partial charge in [-0.1, -0.05) is 13.8 Å². The molecule has 0 aliphatic rings. The standard InChI is InChI=1S/C16H27NO2/c1-4-18-15-8-10-16(11-9-15)19-13-7-5-6-12-17-14(2)3/h8-11,14,17H,4-7,12-13H2,1-3H3. The van der Waals surface area contributed by atoms with Crippen LogP contribution in [0.3, 0.4) is 0 Å². The van der Waals surface area contributed by atoms with Crippen LogP contribution >= 0.6 is 0 Å². The second kappa shape index (κ2) is 9.68. The van der Waals surface area contributed by atoms with E-state index in [2.05, 4.69) is 19.2 Å². The van der Waals surface area contributed by atoms with Gasteiger partial charge in [0.05, 0.1) is 13.2 Å². The third-order valence-corrected chi connectivity index (χ3v) is 2.78.